The van der Waals surface area contributed by atoms with E-state index in [1.165, 1.54) is 0 Å². The summed E-state index contributed by atoms with van der Waals surface area (Å²) in [5, 5.41) is 3.85. The monoisotopic (exact) mass is 410 g/mol. The van der Waals surface area contributed by atoms with E-state index < -0.39 is 0 Å². The highest BCUT2D eigenvalue weighted by molar-refractivity contribution is 6.39. The van der Waals surface area contributed by atoms with Crippen LogP contribution in [-0.4, -0.2) is 61.3 Å². The third kappa shape index (κ3) is 5.34. The molecule has 1 aliphatic heterocycles. The van der Waals surface area contributed by atoms with Gasteiger partial charge in [-0.15, -0.1) is 0 Å². The van der Waals surface area contributed by atoms with Crippen LogP contribution in [0.2, 0.25) is 0 Å². The van der Waals surface area contributed by atoms with E-state index in [1.54, 1.807) is 19.5 Å². The first-order chi connectivity index (χ1) is 14.5. The lowest BCUT2D eigenvalue weighted by molar-refractivity contribution is 0.0339. The first-order valence-corrected chi connectivity index (χ1v) is 10.1. The predicted octanol–water partition coefficient (Wildman–Crippen LogP) is 2.31. The molecule has 0 spiro atoms. The van der Waals surface area contributed by atoms with Gasteiger partial charge in [-0.1, -0.05) is 12.1 Å². The molecular weight excluding hydrogens is 380 g/mol. The third-order valence-electron chi connectivity index (χ3n) is 4.95. The Morgan fingerprint density at radius 2 is 2.03 bits per heavy atom. The molecule has 0 aliphatic carbocycles. The summed E-state index contributed by atoms with van der Waals surface area (Å²) in [4.78, 5) is 11.1. The van der Waals surface area contributed by atoms with Crippen LogP contribution in [0.1, 0.15) is 25.0 Å². The van der Waals surface area contributed by atoms with Crippen molar-refractivity contribution in [3.05, 3.63) is 41.6 Å². The molecule has 8 heteroatoms. The Balaban J connectivity index is 1.89. The van der Waals surface area contributed by atoms with Crippen LogP contribution in [0.25, 0.3) is 11.1 Å². The standard InChI is InChI=1S/C22H30N6O2/c1-15(2)25-13-20(27-24)19-10-18(12-26-22(19)23)16-4-5-17(21(11-16)29-3)14-28-6-8-30-9-7-28/h4-5,10-13,15H,6-9,14,24H2,1-3H3,(H2,23,26). The number of aromatic nitrogens is 1. The highest BCUT2D eigenvalue weighted by Crippen LogP contribution is 2.29. The molecule has 2 aromatic rings. The zero-order valence-corrected chi connectivity index (χ0v) is 17.8. The number of ether oxygens (including phenoxy) is 2. The molecule has 8 nitrogen and oxygen atoms in total. The quantitative estimate of drug-likeness (QED) is 0.412. The number of nitrogens with two attached hydrogens (primary N) is 2. The van der Waals surface area contributed by atoms with Crippen molar-refractivity contribution in [1.82, 2.24) is 9.88 Å². The Morgan fingerprint density at radius 1 is 1.27 bits per heavy atom. The number of hydrazone groups is 1. The molecule has 0 saturated carbocycles. The third-order valence-corrected chi connectivity index (χ3v) is 4.95. The minimum atomic E-state index is 0.127. The van der Waals surface area contributed by atoms with E-state index >= 15 is 0 Å². The van der Waals surface area contributed by atoms with Crippen molar-refractivity contribution in [2.75, 3.05) is 39.1 Å². The highest BCUT2D eigenvalue weighted by atomic mass is 16.5. The van der Waals surface area contributed by atoms with Crippen LogP contribution in [0.4, 0.5) is 5.82 Å². The number of methoxy groups -OCH3 is 1. The second kappa shape index (κ2) is 10.2. The number of nitrogen functional groups attached to an aromatic ring is 1. The fourth-order valence-electron chi connectivity index (χ4n) is 3.29. The van der Waals surface area contributed by atoms with Crippen LogP contribution >= 0.6 is 0 Å². The molecule has 30 heavy (non-hydrogen) atoms. The number of morpholine rings is 1. The van der Waals surface area contributed by atoms with Gasteiger partial charge in [0, 0.05) is 54.8 Å². The van der Waals surface area contributed by atoms with Crippen molar-refractivity contribution in [3.63, 3.8) is 0 Å². The summed E-state index contributed by atoms with van der Waals surface area (Å²) < 4.78 is 11.1. The number of hydrogen-bond acceptors (Lipinski definition) is 8. The minimum Gasteiger partial charge on any atom is -0.496 e. The van der Waals surface area contributed by atoms with E-state index in [1.807, 2.05) is 26.0 Å². The molecule has 0 atom stereocenters. The molecule has 0 bridgehead atoms. The second-order valence-electron chi connectivity index (χ2n) is 7.46. The maximum absolute atomic E-state index is 6.09. The van der Waals surface area contributed by atoms with E-state index in [2.05, 4.69) is 32.1 Å². The van der Waals surface area contributed by atoms with Crippen LogP contribution in [0.3, 0.4) is 0 Å². The Kier molecular flexibility index (Phi) is 7.37. The van der Waals surface area contributed by atoms with Crippen LogP contribution in [0.15, 0.2) is 40.6 Å². The molecule has 1 saturated heterocycles. The van der Waals surface area contributed by atoms with Gasteiger partial charge in [-0.25, -0.2) is 4.98 Å². The first kappa shape index (κ1) is 21.7. The summed E-state index contributed by atoms with van der Waals surface area (Å²) in [7, 11) is 1.69. The van der Waals surface area contributed by atoms with E-state index in [9.17, 15) is 0 Å². The SMILES string of the molecule is COc1cc(-c2cnc(N)c(C(C=NC(C)C)=NN)c2)ccc1CN1CCOCC1. The smallest absolute Gasteiger partial charge is 0.132 e. The molecule has 1 aliphatic rings. The number of benzene rings is 1. The van der Waals surface area contributed by atoms with Crippen LogP contribution in [0, 0.1) is 0 Å². The zero-order chi connectivity index (χ0) is 21.5. The van der Waals surface area contributed by atoms with Gasteiger partial charge in [-0.2, -0.15) is 5.10 Å². The number of aliphatic imine (C=N–C) groups is 1. The molecule has 0 unspecified atom stereocenters. The molecule has 1 aromatic carbocycles. The summed E-state index contributed by atoms with van der Waals surface area (Å²) >= 11 is 0. The summed E-state index contributed by atoms with van der Waals surface area (Å²) in [5.74, 6) is 6.78. The van der Waals surface area contributed by atoms with Crippen LogP contribution in [-0.2, 0) is 11.3 Å². The maximum Gasteiger partial charge on any atom is 0.132 e. The van der Waals surface area contributed by atoms with Gasteiger partial charge in [0.05, 0.1) is 20.3 Å². The van der Waals surface area contributed by atoms with Gasteiger partial charge < -0.3 is 21.1 Å². The van der Waals surface area contributed by atoms with E-state index in [-0.39, 0.29) is 6.04 Å². The molecule has 4 N–H and O–H groups in total. The van der Waals surface area contributed by atoms with Crippen molar-refractivity contribution in [2.24, 2.45) is 15.9 Å². The van der Waals surface area contributed by atoms with Gasteiger partial charge in [-0.05, 0) is 31.5 Å². The van der Waals surface area contributed by atoms with Gasteiger partial charge in [0.25, 0.3) is 0 Å². The normalized spacial score (nSPS) is 15.8. The topological polar surface area (TPSA) is 111 Å². The number of hydrogen-bond donors (Lipinski definition) is 2. The van der Waals surface area contributed by atoms with E-state index in [0.717, 1.165) is 55.3 Å². The van der Waals surface area contributed by atoms with Crippen molar-refractivity contribution < 1.29 is 9.47 Å². The molecule has 3 rings (SSSR count). The molecule has 160 valence electrons. The summed E-state index contributed by atoms with van der Waals surface area (Å²) in [5.41, 5.74) is 10.2. The summed E-state index contributed by atoms with van der Waals surface area (Å²) in [6, 6.07) is 8.24. The van der Waals surface area contributed by atoms with E-state index in [4.69, 9.17) is 21.1 Å². The molecule has 1 fully saturated rings. The Hall–Kier alpha value is -2.97. The lowest BCUT2D eigenvalue weighted by Crippen LogP contribution is -2.35. The fraction of sp³-hybridized carbons (Fsp3) is 0.409. The van der Waals surface area contributed by atoms with Gasteiger partial charge >= 0.3 is 0 Å². The number of nitrogens with zero attached hydrogens (tertiary/aromatic N) is 4. The molecule has 0 radical (unpaired) electrons. The van der Waals surface area contributed by atoms with E-state index in [0.29, 0.717) is 17.1 Å². The van der Waals surface area contributed by atoms with Gasteiger partial charge in [0.15, 0.2) is 0 Å². The molecule has 2 heterocycles. The fourth-order valence-corrected chi connectivity index (χ4v) is 3.29. The molecule has 0 amide bonds. The van der Waals surface area contributed by atoms with Gasteiger partial charge in [-0.3, -0.25) is 9.89 Å². The van der Waals surface area contributed by atoms with Crippen LogP contribution in [0.5, 0.6) is 5.75 Å². The zero-order valence-electron chi connectivity index (χ0n) is 17.8. The highest BCUT2D eigenvalue weighted by Gasteiger charge is 2.15. The van der Waals surface area contributed by atoms with Crippen molar-refractivity contribution in [3.8, 4) is 16.9 Å². The van der Waals surface area contributed by atoms with Crippen molar-refractivity contribution in [2.45, 2.75) is 26.4 Å². The maximum atomic E-state index is 6.09. The summed E-state index contributed by atoms with van der Waals surface area (Å²) in [6.45, 7) is 8.18. The Bertz CT molecular complexity index is 920. The second-order valence-corrected chi connectivity index (χ2v) is 7.46. The average Bonchev–Trinajstić information content (AvgIpc) is 2.76. The van der Waals surface area contributed by atoms with Gasteiger partial charge in [0.2, 0.25) is 0 Å². The van der Waals surface area contributed by atoms with Crippen molar-refractivity contribution >= 4 is 17.7 Å². The summed E-state index contributed by atoms with van der Waals surface area (Å²) in [6.07, 6.45) is 3.37. The lowest BCUT2D eigenvalue weighted by atomic mass is 10.0. The van der Waals surface area contributed by atoms with Gasteiger partial charge in [0.1, 0.15) is 17.3 Å². The lowest BCUT2D eigenvalue weighted by Gasteiger charge is -2.27. The number of rotatable bonds is 7. The minimum absolute atomic E-state index is 0.127. The Morgan fingerprint density at radius 3 is 2.70 bits per heavy atom. The predicted molar refractivity (Wildman–Crippen MR) is 121 cm³/mol. The number of pyridine rings is 1. The molecule has 1 aromatic heterocycles. The largest absolute Gasteiger partial charge is 0.496 e. The molecular formula is C22H30N6O2. The first-order valence-electron chi connectivity index (χ1n) is 10.1. The Labute approximate surface area is 177 Å². The number of anilines is 1. The van der Waals surface area contributed by atoms with Crippen LogP contribution < -0.4 is 16.3 Å². The van der Waals surface area contributed by atoms with Crippen molar-refractivity contribution in [1.29, 1.82) is 0 Å². The average molecular weight is 411 g/mol.